The molecule has 196 valence electrons. The summed E-state index contributed by atoms with van der Waals surface area (Å²) in [5, 5.41) is 15.0. The predicted octanol–water partition coefficient (Wildman–Crippen LogP) is 1.66. The summed E-state index contributed by atoms with van der Waals surface area (Å²) in [6.45, 7) is 6.28. The molecule has 10 heteroatoms. The van der Waals surface area contributed by atoms with Crippen molar-refractivity contribution in [1.82, 2.24) is 15.5 Å². The van der Waals surface area contributed by atoms with E-state index in [0.29, 0.717) is 24.0 Å². The Labute approximate surface area is 211 Å². The Morgan fingerprint density at radius 2 is 1.83 bits per heavy atom. The molecule has 0 aromatic heterocycles. The zero-order valence-electron chi connectivity index (χ0n) is 21.2. The van der Waals surface area contributed by atoms with Crippen molar-refractivity contribution in [1.29, 1.82) is 0 Å². The first kappa shape index (κ1) is 28.7. The van der Waals surface area contributed by atoms with Crippen molar-refractivity contribution in [2.45, 2.75) is 70.7 Å². The second-order valence-electron chi connectivity index (χ2n) is 9.37. The van der Waals surface area contributed by atoms with E-state index in [1.54, 1.807) is 52.0 Å². The monoisotopic (exact) mass is 501 g/mol. The van der Waals surface area contributed by atoms with E-state index < -0.39 is 48.2 Å². The Hall–Kier alpha value is -3.58. The van der Waals surface area contributed by atoms with Gasteiger partial charge in [-0.25, -0.2) is 4.79 Å². The Kier molecular flexibility index (Phi) is 10.3. The number of benzene rings is 1. The minimum Gasteiger partial charge on any atom is -0.466 e. The molecule has 2 unspecified atom stereocenters. The molecule has 36 heavy (non-hydrogen) atoms. The van der Waals surface area contributed by atoms with Gasteiger partial charge in [0.25, 0.3) is 0 Å². The summed E-state index contributed by atoms with van der Waals surface area (Å²) in [6, 6.07) is 3.97. The van der Waals surface area contributed by atoms with Crippen LogP contribution in [0.1, 0.15) is 64.1 Å². The smallest absolute Gasteiger partial charge is 0.408 e. The van der Waals surface area contributed by atoms with Crippen LogP contribution in [0.25, 0.3) is 0 Å². The van der Waals surface area contributed by atoms with Crippen LogP contribution in [0.4, 0.5) is 4.79 Å². The Morgan fingerprint density at radius 3 is 2.33 bits per heavy atom. The molecule has 0 saturated heterocycles. The van der Waals surface area contributed by atoms with E-state index in [1.165, 1.54) is 4.90 Å². The van der Waals surface area contributed by atoms with Gasteiger partial charge >= 0.3 is 12.1 Å². The van der Waals surface area contributed by atoms with Crippen LogP contribution >= 0.6 is 0 Å². The van der Waals surface area contributed by atoms with Crippen LogP contribution in [0.2, 0.25) is 0 Å². The molecule has 1 aromatic rings. The molecular formula is C26H35N3O7. The molecule has 3 N–H and O–H groups in total. The Bertz CT molecular complexity index is 975. The summed E-state index contributed by atoms with van der Waals surface area (Å²) < 4.78 is 10.1. The number of alkyl carbamates (subject to hydrolysis) is 1. The lowest BCUT2D eigenvalue weighted by Gasteiger charge is -2.34. The standard InChI is InChI=1S/C26H35N3O7/c1-6-17-8-10-18(11-9-17)22(23(32)27-15-14-21(31)35-7-2)29(19-12-13-19)24(33)20(16-30)28-25(34)36-26(3,4)5/h1,8-11,19-20,22,30H,7,12-16H2,2-5H3,(H,27,32)(H,28,34). The number of hydrogen-bond acceptors (Lipinski definition) is 7. The molecule has 1 fully saturated rings. The van der Waals surface area contributed by atoms with Crippen LogP contribution in [0, 0.1) is 12.3 Å². The van der Waals surface area contributed by atoms with Gasteiger partial charge in [-0.2, -0.15) is 0 Å². The van der Waals surface area contributed by atoms with Gasteiger partial charge in [0.2, 0.25) is 11.8 Å². The van der Waals surface area contributed by atoms with Gasteiger partial charge in [0.15, 0.2) is 0 Å². The van der Waals surface area contributed by atoms with Gasteiger partial charge in [0, 0.05) is 18.2 Å². The van der Waals surface area contributed by atoms with Crippen molar-refractivity contribution in [2.24, 2.45) is 0 Å². The van der Waals surface area contributed by atoms with Gasteiger partial charge in [-0.05, 0) is 58.2 Å². The summed E-state index contributed by atoms with van der Waals surface area (Å²) in [6.07, 6.45) is 5.88. The molecule has 0 heterocycles. The Morgan fingerprint density at radius 1 is 1.19 bits per heavy atom. The lowest BCUT2D eigenvalue weighted by atomic mass is 10.0. The number of carbonyl (C=O) groups is 4. The highest BCUT2D eigenvalue weighted by atomic mass is 16.6. The van der Waals surface area contributed by atoms with Crippen molar-refractivity contribution in [3.8, 4) is 12.3 Å². The fraction of sp³-hybridized carbons (Fsp3) is 0.538. The number of aliphatic hydroxyl groups is 1. The SMILES string of the molecule is C#Cc1ccc(C(C(=O)NCCC(=O)OCC)N(C(=O)C(CO)NC(=O)OC(C)(C)C)C2CC2)cc1. The zero-order chi connectivity index (χ0) is 26.9. The number of aliphatic hydroxyl groups excluding tert-OH is 1. The Balaban J connectivity index is 2.32. The maximum Gasteiger partial charge on any atom is 0.408 e. The number of nitrogens with zero attached hydrogens (tertiary/aromatic N) is 1. The highest BCUT2D eigenvalue weighted by molar-refractivity contribution is 5.92. The van der Waals surface area contributed by atoms with Gasteiger partial charge in [-0.1, -0.05) is 18.1 Å². The van der Waals surface area contributed by atoms with Crippen LogP contribution in [0.5, 0.6) is 0 Å². The first-order valence-corrected chi connectivity index (χ1v) is 11.9. The quantitative estimate of drug-likeness (QED) is 0.310. The maximum atomic E-state index is 13.6. The summed E-state index contributed by atoms with van der Waals surface area (Å²) in [4.78, 5) is 52.3. The van der Waals surface area contributed by atoms with E-state index >= 15 is 0 Å². The third kappa shape index (κ3) is 8.57. The molecule has 1 saturated carbocycles. The van der Waals surface area contributed by atoms with Crippen molar-refractivity contribution < 1.29 is 33.8 Å². The lowest BCUT2D eigenvalue weighted by molar-refractivity contribution is -0.145. The molecule has 1 aromatic carbocycles. The third-order valence-electron chi connectivity index (χ3n) is 5.22. The highest BCUT2D eigenvalue weighted by Crippen LogP contribution is 2.35. The van der Waals surface area contributed by atoms with E-state index in [-0.39, 0.29) is 25.6 Å². The van der Waals surface area contributed by atoms with Gasteiger partial charge in [-0.15, -0.1) is 6.42 Å². The van der Waals surface area contributed by atoms with Gasteiger partial charge in [0.1, 0.15) is 17.7 Å². The van der Waals surface area contributed by atoms with Crippen LogP contribution < -0.4 is 10.6 Å². The topological polar surface area (TPSA) is 134 Å². The lowest BCUT2D eigenvalue weighted by Crippen LogP contribution is -2.55. The summed E-state index contributed by atoms with van der Waals surface area (Å²) in [5.74, 6) is 0.915. The number of ether oxygens (including phenoxy) is 2. The molecule has 1 aliphatic carbocycles. The molecular weight excluding hydrogens is 466 g/mol. The van der Waals surface area contributed by atoms with Gasteiger partial charge < -0.3 is 30.1 Å². The molecule has 1 aliphatic rings. The number of rotatable bonds is 11. The number of carbonyl (C=O) groups excluding carboxylic acids is 4. The van der Waals surface area contributed by atoms with Crippen molar-refractivity contribution in [3.63, 3.8) is 0 Å². The number of amides is 3. The van der Waals surface area contributed by atoms with Crippen molar-refractivity contribution in [2.75, 3.05) is 19.8 Å². The number of nitrogens with one attached hydrogen (secondary N) is 2. The van der Waals surface area contributed by atoms with Crippen LogP contribution in [0.15, 0.2) is 24.3 Å². The minimum atomic E-state index is -1.32. The van der Waals surface area contributed by atoms with Crippen LogP contribution in [0.3, 0.4) is 0 Å². The van der Waals surface area contributed by atoms with E-state index in [4.69, 9.17) is 15.9 Å². The van der Waals surface area contributed by atoms with Crippen LogP contribution in [-0.2, 0) is 23.9 Å². The van der Waals surface area contributed by atoms with E-state index in [1.807, 2.05) is 0 Å². The van der Waals surface area contributed by atoms with E-state index in [0.717, 1.165) is 0 Å². The van der Waals surface area contributed by atoms with E-state index in [9.17, 15) is 24.3 Å². The summed E-state index contributed by atoms with van der Waals surface area (Å²) in [5.41, 5.74) is 0.296. The molecule has 0 bridgehead atoms. The molecule has 2 rings (SSSR count). The van der Waals surface area contributed by atoms with Gasteiger partial charge in [-0.3, -0.25) is 14.4 Å². The molecule has 0 spiro atoms. The third-order valence-corrected chi connectivity index (χ3v) is 5.22. The molecule has 3 amide bonds. The number of esters is 1. The average Bonchev–Trinajstić information content (AvgIpc) is 3.64. The first-order chi connectivity index (χ1) is 17.0. The largest absolute Gasteiger partial charge is 0.466 e. The summed E-state index contributed by atoms with van der Waals surface area (Å²) in [7, 11) is 0. The predicted molar refractivity (Wildman–Crippen MR) is 131 cm³/mol. The summed E-state index contributed by atoms with van der Waals surface area (Å²) >= 11 is 0. The normalized spacial score (nSPS) is 14.6. The second kappa shape index (κ2) is 12.9. The zero-order valence-corrected chi connectivity index (χ0v) is 21.2. The minimum absolute atomic E-state index is 0.0168. The second-order valence-corrected chi connectivity index (χ2v) is 9.37. The molecule has 2 atom stereocenters. The van der Waals surface area contributed by atoms with Gasteiger partial charge in [0.05, 0.1) is 19.6 Å². The fourth-order valence-electron chi connectivity index (χ4n) is 3.50. The average molecular weight is 502 g/mol. The molecule has 0 aliphatic heterocycles. The number of hydrogen-bond donors (Lipinski definition) is 3. The maximum absolute atomic E-state index is 13.6. The first-order valence-electron chi connectivity index (χ1n) is 11.9. The molecule has 10 nitrogen and oxygen atoms in total. The van der Waals surface area contributed by atoms with Crippen molar-refractivity contribution >= 4 is 23.9 Å². The number of terminal acetylenes is 1. The fourth-order valence-corrected chi connectivity index (χ4v) is 3.50. The highest BCUT2D eigenvalue weighted by Gasteiger charge is 2.44. The van der Waals surface area contributed by atoms with Crippen LogP contribution in [-0.4, -0.2) is 71.3 Å². The van der Waals surface area contributed by atoms with Crippen molar-refractivity contribution in [3.05, 3.63) is 35.4 Å². The molecule has 0 radical (unpaired) electrons. The van der Waals surface area contributed by atoms with E-state index in [2.05, 4.69) is 16.6 Å².